The highest BCUT2D eigenvalue weighted by atomic mass is 16.5. The number of unbranched alkanes of at least 4 members (excludes halogenated alkanes) is 1. The highest BCUT2D eigenvalue weighted by molar-refractivity contribution is 5.95. The lowest BCUT2D eigenvalue weighted by molar-refractivity contribution is 0.0364. The molecule has 0 amide bonds. The van der Waals surface area contributed by atoms with Crippen LogP contribution in [-0.4, -0.2) is 20.1 Å². The van der Waals surface area contributed by atoms with Crippen molar-refractivity contribution >= 4 is 11.7 Å². The number of hydrogen-bond donors (Lipinski definition) is 0. The van der Waals surface area contributed by atoms with Crippen LogP contribution in [0.1, 0.15) is 48.2 Å². The molecular weight excluding hydrogens is 214 g/mol. The van der Waals surface area contributed by atoms with Crippen molar-refractivity contribution in [3.05, 3.63) is 29.3 Å². The molecule has 1 atom stereocenters. The Kier molecular flexibility index (Phi) is 3.36. The van der Waals surface area contributed by atoms with Gasteiger partial charge in [-0.05, 0) is 25.0 Å². The van der Waals surface area contributed by atoms with Crippen molar-refractivity contribution in [1.29, 1.82) is 0 Å². The zero-order valence-corrected chi connectivity index (χ0v) is 10.7. The van der Waals surface area contributed by atoms with Crippen LogP contribution in [0.15, 0.2) is 18.2 Å². The van der Waals surface area contributed by atoms with E-state index in [1.807, 2.05) is 37.2 Å². The minimum atomic E-state index is -0.176. The largest absolute Gasteiger partial charge is 0.454 e. The van der Waals surface area contributed by atoms with E-state index in [1.54, 1.807) is 0 Å². The van der Waals surface area contributed by atoms with Gasteiger partial charge >= 0.3 is 5.97 Å². The Morgan fingerprint density at radius 2 is 2.12 bits per heavy atom. The fourth-order valence-electron chi connectivity index (χ4n) is 2.14. The summed E-state index contributed by atoms with van der Waals surface area (Å²) in [5.41, 5.74) is 2.82. The number of benzene rings is 1. The minimum absolute atomic E-state index is 0.0336. The number of esters is 1. The van der Waals surface area contributed by atoms with Gasteiger partial charge in [-0.15, -0.1) is 0 Å². The van der Waals surface area contributed by atoms with Crippen LogP contribution in [0.5, 0.6) is 0 Å². The average Bonchev–Trinajstić information content (AvgIpc) is 2.63. The Labute approximate surface area is 102 Å². The molecule has 0 fully saturated rings. The molecule has 0 aliphatic carbocycles. The van der Waals surface area contributed by atoms with Gasteiger partial charge < -0.3 is 9.64 Å². The first-order valence-corrected chi connectivity index (χ1v) is 6.15. The minimum Gasteiger partial charge on any atom is -0.454 e. The number of rotatable bonds is 4. The maximum Gasteiger partial charge on any atom is 0.339 e. The van der Waals surface area contributed by atoms with E-state index in [0.717, 1.165) is 36.1 Å². The summed E-state index contributed by atoms with van der Waals surface area (Å²) in [7, 11) is 3.94. The molecule has 17 heavy (non-hydrogen) atoms. The summed E-state index contributed by atoms with van der Waals surface area (Å²) in [6.45, 7) is 2.15. The van der Waals surface area contributed by atoms with E-state index in [2.05, 4.69) is 6.92 Å². The van der Waals surface area contributed by atoms with Crippen molar-refractivity contribution in [3.63, 3.8) is 0 Å². The molecule has 2 rings (SSSR count). The van der Waals surface area contributed by atoms with Gasteiger partial charge in [0.25, 0.3) is 0 Å². The van der Waals surface area contributed by atoms with Crippen LogP contribution in [0.4, 0.5) is 5.69 Å². The predicted octanol–water partition coefficient (Wildman–Crippen LogP) is 3.15. The van der Waals surface area contributed by atoms with Gasteiger partial charge in [-0.3, -0.25) is 0 Å². The number of anilines is 1. The van der Waals surface area contributed by atoms with Gasteiger partial charge in [0.05, 0.1) is 5.56 Å². The van der Waals surface area contributed by atoms with Crippen LogP contribution in [0.25, 0.3) is 0 Å². The lowest BCUT2D eigenvalue weighted by atomic mass is 10.0. The van der Waals surface area contributed by atoms with Crippen molar-refractivity contribution < 1.29 is 9.53 Å². The van der Waals surface area contributed by atoms with Crippen LogP contribution in [0.2, 0.25) is 0 Å². The Balaban J connectivity index is 2.27. The standard InChI is InChI=1S/C14H19NO2/c1-4-5-6-13-11-8-7-10(15(2)3)9-12(11)14(16)17-13/h7-9,13H,4-6H2,1-3H3. The van der Waals surface area contributed by atoms with Gasteiger partial charge in [-0.2, -0.15) is 0 Å². The van der Waals surface area contributed by atoms with Gasteiger partial charge in [-0.25, -0.2) is 4.79 Å². The lowest BCUT2D eigenvalue weighted by Crippen LogP contribution is -2.09. The van der Waals surface area contributed by atoms with Gasteiger partial charge in [0.1, 0.15) is 6.10 Å². The smallest absolute Gasteiger partial charge is 0.339 e. The molecule has 92 valence electrons. The van der Waals surface area contributed by atoms with Gasteiger partial charge in [0.2, 0.25) is 0 Å². The van der Waals surface area contributed by atoms with Crippen LogP contribution < -0.4 is 4.90 Å². The molecule has 3 nitrogen and oxygen atoms in total. The molecule has 3 heteroatoms. The van der Waals surface area contributed by atoms with Gasteiger partial charge in [0.15, 0.2) is 0 Å². The van der Waals surface area contributed by atoms with E-state index in [4.69, 9.17) is 4.74 Å². The van der Waals surface area contributed by atoms with Crippen LogP contribution in [0, 0.1) is 0 Å². The van der Waals surface area contributed by atoms with Crippen LogP contribution >= 0.6 is 0 Å². The monoisotopic (exact) mass is 233 g/mol. The summed E-state index contributed by atoms with van der Waals surface area (Å²) >= 11 is 0. The number of fused-ring (bicyclic) bond motifs is 1. The molecule has 1 aromatic rings. The van der Waals surface area contributed by atoms with Crippen LogP contribution in [0.3, 0.4) is 0 Å². The summed E-state index contributed by atoms with van der Waals surface area (Å²) in [5, 5.41) is 0. The first kappa shape index (κ1) is 12.0. The zero-order chi connectivity index (χ0) is 12.4. The fourth-order valence-corrected chi connectivity index (χ4v) is 2.14. The average molecular weight is 233 g/mol. The summed E-state index contributed by atoms with van der Waals surface area (Å²) in [4.78, 5) is 13.8. The molecule has 1 aromatic carbocycles. The normalized spacial score (nSPS) is 17.8. The SMILES string of the molecule is CCCCC1OC(=O)c2cc(N(C)C)ccc21. The molecule has 0 spiro atoms. The molecule has 1 aliphatic rings. The number of carbonyl (C=O) groups is 1. The second-order valence-corrected chi connectivity index (χ2v) is 4.70. The Hall–Kier alpha value is -1.51. The highest BCUT2D eigenvalue weighted by Gasteiger charge is 2.30. The Morgan fingerprint density at radius 1 is 1.35 bits per heavy atom. The maximum atomic E-state index is 11.8. The quantitative estimate of drug-likeness (QED) is 0.748. The zero-order valence-electron chi connectivity index (χ0n) is 10.7. The Bertz CT molecular complexity index is 426. The third-order valence-electron chi connectivity index (χ3n) is 3.19. The lowest BCUT2D eigenvalue weighted by Gasteiger charge is -2.13. The van der Waals surface area contributed by atoms with Gasteiger partial charge in [-0.1, -0.05) is 19.4 Å². The third-order valence-corrected chi connectivity index (χ3v) is 3.19. The first-order chi connectivity index (χ1) is 8.13. The van der Waals surface area contributed by atoms with E-state index in [9.17, 15) is 4.79 Å². The number of hydrogen-bond acceptors (Lipinski definition) is 3. The molecule has 0 saturated carbocycles. The number of carbonyl (C=O) groups excluding carboxylic acids is 1. The summed E-state index contributed by atoms with van der Waals surface area (Å²) < 4.78 is 5.41. The van der Waals surface area contributed by atoms with E-state index in [0.29, 0.717) is 0 Å². The van der Waals surface area contributed by atoms with Crippen molar-refractivity contribution in [2.75, 3.05) is 19.0 Å². The molecule has 0 saturated heterocycles. The Morgan fingerprint density at radius 3 is 2.76 bits per heavy atom. The molecular formula is C14H19NO2. The van der Waals surface area contributed by atoms with Crippen molar-refractivity contribution in [2.45, 2.75) is 32.3 Å². The number of ether oxygens (including phenoxy) is 1. The predicted molar refractivity (Wildman–Crippen MR) is 68.5 cm³/mol. The third kappa shape index (κ3) is 2.28. The second kappa shape index (κ2) is 4.78. The van der Waals surface area contributed by atoms with Crippen molar-refractivity contribution in [3.8, 4) is 0 Å². The molecule has 0 radical (unpaired) electrons. The van der Waals surface area contributed by atoms with E-state index in [-0.39, 0.29) is 12.1 Å². The molecule has 1 aliphatic heterocycles. The molecule has 1 unspecified atom stereocenters. The maximum absolute atomic E-state index is 11.8. The summed E-state index contributed by atoms with van der Waals surface area (Å²) in [6.07, 6.45) is 3.11. The first-order valence-electron chi connectivity index (χ1n) is 6.15. The van der Waals surface area contributed by atoms with E-state index >= 15 is 0 Å². The van der Waals surface area contributed by atoms with Crippen molar-refractivity contribution in [1.82, 2.24) is 0 Å². The van der Waals surface area contributed by atoms with Crippen LogP contribution in [-0.2, 0) is 4.74 Å². The highest BCUT2D eigenvalue weighted by Crippen LogP contribution is 2.35. The fraction of sp³-hybridized carbons (Fsp3) is 0.500. The molecule has 0 aromatic heterocycles. The molecule has 1 heterocycles. The van der Waals surface area contributed by atoms with E-state index < -0.39 is 0 Å². The molecule has 0 N–H and O–H groups in total. The van der Waals surface area contributed by atoms with Gasteiger partial charge in [0, 0.05) is 25.3 Å². The number of nitrogens with zero attached hydrogens (tertiary/aromatic N) is 1. The second-order valence-electron chi connectivity index (χ2n) is 4.70. The van der Waals surface area contributed by atoms with E-state index in [1.165, 1.54) is 0 Å². The number of cyclic esters (lactones) is 1. The molecule has 0 bridgehead atoms. The summed E-state index contributed by atoms with van der Waals surface area (Å²) in [6, 6.07) is 5.99. The van der Waals surface area contributed by atoms with Crippen molar-refractivity contribution in [2.24, 2.45) is 0 Å². The summed E-state index contributed by atoms with van der Waals surface area (Å²) in [5.74, 6) is -0.176. The topological polar surface area (TPSA) is 29.5 Å².